The first kappa shape index (κ1) is 48.1. The minimum atomic E-state index is -1.15. The van der Waals surface area contributed by atoms with E-state index in [1.165, 1.54) is 36.4 Å². The van der Waals surface area contributed by atoms with Gasteiger partial charge in [-0.3, -0.25) is 0 Å². The molecule has 0 spiro atoms. The summed E-state index contributed by atoms with van der Waals surface area (Å²) in [5.74, 6) is -5.91. The summed E-state index contributed by atoms with van der Waals surface area (Å²) in [5.41, 5.74) is 0.653. The molecule has 19 heteroatoms. The molecule has 19 nitrogen and oxygen atoms in total. The highest BCUT2D eigenvalue weighted by Crippen LogP contribution is 2.21. The number of benzene rings is 3. The molecule has 2 aliphatic rings. The van der Waals surface area contributed by atoms with E-state index in [1.807, 2.05) is 0 Å². The molecule has 0 aliphatic carbocycles. The number of esters is 4. The molecule has 54 heavy (non-hydrogen) atoms. The lowest BCUT2D eigenvalue weighted by molar-refractivity contribution is 0.0425. The number of carboxylic acids is 3. The van der Waals surface area contributed by atoms with Crippen molar-refractivity contribution in [1.82, 2.24) is 0 Å². The third-order valence-electron chi connectivity index (χ3n) is 6.20. The molecular formula is C35H40O19. The Morgan fingerprint density at radius 2 is 0.852 bits per heavy atom. The molecule has 0 radical (unpaired) electrons. The molecule has 0 unspecified atom stereocenters. The van der Waals surface area contributed by atoms with E-state index >= 15 is 0 Å². The number of cyclic esters (lactones) is 4. The number of carbonyl (C=O) groups excluding carboxylic acids is 4. The van der Waals surface area contributed by atoms with Gasteiger partial charge in [-0.2, -0.15) is 0 Å². The summed E-state index contributed by atoms with van der Waals surface area (Å²) < 4.78 is 8.65. The van der Waals surface area contributed by atoms with E-state index in [9.17, 15) is 33.6 Å². The minimum Gasteiger partial charge on any atom is -0.478 e. The second-order valence-corrected chi connectivity index (χ2v) is 11.1. The van der Waals surface area contributed by atoms with Crippen molar-refractivity contribution < 1.29 is 94.1 Å². The third-order valence-corrected chi connectivity index (χ3v) is 6.20. The van der Waals surface area contributed by atoms with Gasteiger partial charge < -0.3 is 60.5 Å². The van der Waals surface area contributed by atoms with Gasteiger partial charge in [-0.05, 0) is 54.6 Å². The van der Waals surface area contributed by atoms with Crippen molar-refractivity contribution >= 4 is 41.8 Å². The minimum absolute atomic E-state index is 0.00917. The predicted octanol–water partition coefficient (Wildman–Crippen LogP) is 0.0757. The number of carboxylic acid groups (broad SMARTS) is 3. The molecule has 0 aromatic heterocycles. The number of ether oxygens (including phenoxy) is 2. The quantitative estimate of drug-likeness (QED) is 0.107. The molecule has 3 aromatic carbocycles. The Hall–Kier alpha value is -5.93. The van der Waals surface area contributed by atoms with Crippen LogP contribution in [-0.2, 0) is 9.47 Å². The Balaban J connectivity index is 0.000000653. The fraction of sp³-hybridized carbons (Fsp3) is 0.286. The summed E-state index contributed by atoms with van der Waals surface area (Å²) in [7, 11) is 0. The highest BCUT2D eigenvalue weighted by Gasteiger charge is 2.30. The van der Waals surface area contributed by atoms with Gasteiger partial charge in [-0.1, -0.05) is 26.0 Å². The molecule has 294 valence electrons. The molecule has 0 amide bonds. The first-order chi connectivity index (χ1) is 25.3. The molecule has 0 atom stereocenters. The fourth-order valence-electron chi connectivity index (χ4n) is 3.11. The normalized spacial score (nSPS) is 11.8. The molecule has 0 saturated heterocycles. The standard InChI is InChI=1S/C9H4O5.C8H6O4.C8H4O3.C5H12O2.C3H8O3.C2H6O2/c10-7(11)4-1-2-5-6(3-4)9(13)14-8(5)12;9-7(10)5-1-2-6(4-3-5)8(11)12;9-7-5-3-1-2-4-6(5)8(10)11-7;1-5(2,3-6)4-7;4-1-3(6)2-5;3-1-2-4/h1-3H,(H,10,11);1-4H,(H,9,10)(H,11,12);1-4H;6-7H,3-4H2,1-2H3;3-6H,1-2H2;3-4H,1-2H2. The Morgan fingerprint density at radius 3 is 1.11 bits per heavy atom. The van der Waals surface area contributed by atoms with Gasteiger partial charge >= 0.3 is 41.8 Å². The highest BCUT2D eigenvalue weighted by atomic mass is 16.6. The van der Waals surface area contributed by atoms with Crippen LogP contribution in [0.5, 0.6) is 0 Å². The number of aliphatic hydroxyl groups excluding tert-OH is 7. The maximum Gasteiger partial charge on any atom is 0.346 e. The Kier molecular flexibility index (Phi) is 21.7. The van der Waals surface area contributed by atoms with Crippen molar-refractivity contribution in [3.8, 4) is 0 Å². The zero-order chi connectivity index (χ0) is 41.6. The predicted molar refractivity (Wildman–Crippen MR) is 182 cm³/mol. The number of fused-ring (bicyclic) bond motifs is 2. The van der Waals surface area contributed by atoms with E-state index in [0.717, 1.165) is 6.07 Å². The second-order valence-electron chi connectivity index (χ2n) is 11.1. The van der Waals surface area contributed by atoms with E-state index in [4.69, 9.17) is 51.1 Å². The van der Waals surface area contributed by atoms with Crippen molar-refractivity contribution in [2.75, 3.05) is 39.6 Å². The van der Waals surface area contributed by atoms with E-state index in [-0.39, 0.29) is 72.9 Å². The molecule has 10 N–H and O–H groups in total. The van der Waals surface area contributed by atoms with Gasteiger partial charge in [-0.25, -0.2) is 33.6 Å². The Morgan fingerprint density at radius 1 is 0.537 bits per heavy atom. The third kappa shape index (κ3) is 16.6. The van der Waals surface area contributed by atoms with E-state index in [1.54, 1.807) is 38.1 Å². The number of aliphatic hydroxyl groups is 7. The zero-order valence-corrected chi connectivity index (χ0v) is 28.8. The van der Waals surface area contributed by atoms with Crippen LogP contribution in [0.1, 0.15) is 86.4 Å². The van der Waals surface area contributed by atoms with Crippen LogP contribution in [0.25, 0.3) is 0 Å². The average molecular weight is 765 g/mol. The topological polar surface area (TPSA) is 340 Å². The molecule has 0 fully saturated rings. The van der Waals surface area contributed by atoms with Crippen LogP contribution in [0.15, 0.2) is 66.7 Å². The summed E-state index contributed by atoms with van der Waals surface area (Å²) in [4.78, 5) is 74.9. The summed E-state index contributed by atoms with van der Waals surface area (Å²) in [6.07, 6.45) is -0.954. The van der Waals surface area contributed by atoms with Gasteiger partial charge in [0.05, 0.1) is 78.6 Å². The van der Waals surface area contributed by atoms with Gasteiger partial charge in [0.1, 0.15) is 6.10 Å². The first-order valence-electron chi connectivity index (χ1n) is 15.2. The monoisotopic (exact) mass is 764 g/mol. The van der Waals surface area contributed by atoms with Crippen molar-refractivity contribution in [3.63, 3.8) is 0 Å². The summed E-state index contributed by atoms with van der Waals surface area (Å²) in [5, 5.41) is 81.7. The highest BCUT2D eigenvalue weighted by molar-refractivity contribution is 6.15. The molecule has 0 saturated carbocycles. The van der Waals surface area contributed by atoms with Crippen molar-refractivity contribution in [1.29, 1.82) is 0 Å². The zero-order valence-electron chi connectivity index (χ0n) is 28.8. The lowest BCUT2D eigenvalue weighted by Gasteiger charge is -2.16. The van der Waals surface area contributed by atoms with Gasteiger partial charge in [0.2, 0.25) is 0 Å². The van der Waals surface area contributed by atoms with Crippen LogP contribution in [0, 0.1) is 5.41 Å². The summed E-state index contributed by atoms with van der Waals surface area (Å²) in [6, 6.07) is 15.2. The molecule has 2 aliphatic heterocycles. The number of rotatable bonds is 8. The second kappa shape index (κ2) is 24.3. The largest absolute Gasteiger partial charge is 0.478 e. The van der Waals surface area contributed by atoms with Gasteiger partial charge in [0, 0.05) is 5.41 Å². The summed E-state index contributed by atoms with van der Waals surface area (Å²) >= 11 is 0. The Labute approximate surface area is 306 Å². The van der Waals surface area contributed by atoms with E-state index in [0.29, 0.717) is 11.1 Å². The molecule has 2 heterocycles. The molecule has 5 rings (SSSR count). The van der Waals surface area contributed by atoms with Crippen LogP contribution in [0.2, 0.25) is 0 Å². The van der Waals surface area contributed by atoms with Crippen LogP contribution in [0.3, 0.4) is 0 Å². The maximum atomic E-state index is 11.0. The number of carbonyl (C=O) groups is 7. The fourth-order valence-corrected chi connectivity index (χ4v) is 3.11. The van der Waals surface area contributed by atoms with Gasteiger partial charge in [0.15, 0.2) is 0 Å². The average Bonchev–Trinajstić information content (AvgIpc) is 3.63. The lowest BCUT2D eigenvalue weighted by atomic mass is 9.97. The van der Waals surface area contributed by atoms with Crippen LogP contribution < -0.4 is 0 Å². The first-order valence-corrected chi connectivity index (χ1v) is 15.2. The van der Waals surface area contributed by atoms with Crippen LogP contribution >= 0.6 is 0 Å². The van der Waals surface area contributed by atoms with E-state index < -0.39 is 47.9 Å². The number of aromatic carboxylic acids is 3. The smallest absolute Gasteiger partial charge is 0.346 e. The SMILES string of the molecule is CC(C)(CO)CO.O=C(O)c1ccc(C(=O)O)cc1.O=C(O)c1ccc2c(c1)C(=O)OC2=O.O=C1OC(=O)c2ccccc21.OCC(O)CO.OCCO. The van der Waals surface area contributed by atoms with Gasteiger partial charge in [-0.15, -0.1) is 0 Å². The molecule has 0 bridgehead atoms. The van der Waals surface area contributed by atoms with Crippen LogP contribution in [0.4, 0.5) is 0 Å². The maximum absolute atomic E-state index is 11.0. The number of hydrogen-bond donors (Lipinski definition) is 10. The lowest BCUT2D eigenvalue weighted by Crippen LogP contribution is -2.20. The van der Waals surface area contributed by atoms with Gasteiger partial charge in [0.25, 0.3) is 0 Å². The Bertz CT molecular complexity index is 1650. The van der Waals surface area contributed by atoms with Crippen molar-refractivity contribution in [2.45, 2.75) is 20.0 Å². The van der Waals surface area contributed by atoms with Crippen molar-refractivity contribution in [3.05, 3.63) is 106 Å². The van der Waals surface area contributed by atoms with E-state index in [2.05, 4.69) is 9.47 Å². The molecular weight excluding hydrogens is 724 g/mol. The number of hydrogen-bond acceptors (Lipinski definition) is 16. The molecule has 3 aromatic rings. The van der Waals surface area contributed by atoms with Crippen molar-refractivity contribution in [2.24, 2.45) is 5.41 Å². The van der Waals surface area contributed by atoms with Crippen LogP contribution in [-0.4, -0.2) is 139 Å². The summed E-state index contributed by atoms with van der Waals surface area (Å²) in [6.45, 7) is 2.71.